The Morgan fingerprint density at radius 3 is 2.61 bits per heavy atom. The van der Waals surface area contributed by atoms with Crippen LogP contribution in [0.1, 0.15) is 85.5 Å². The SMILES string of the molecule is COc1c([C@@H](O)CC(C)C)ccc2c1C(=O)OCc1c(Cl)c(C)cc(OC(=O)C3CCCCC3)c1O2. The van der Waals surface area contributed by atoms with Gasteiger partial charge in [-0.3, -0.25) is 4.79 Å². The van der Waals surface area contributed by atoms with E-state index in [1.807, 2.05) is 13.8 Å². The van der Waals surface area contributed by atoms with Crippen molar-refractivity contribution in [2.75, 3.05) is 7.11 Å². The zero-order chi connectivity index (χ0) is 26.0. The average Bonchev–Trinajstić information content (AvgIpc) is 2.85. The van der Waals surface area contributed by atoms with E-state index in [-0.39, 0.29) is 53.0 Å². The van der Waals surface area contributed by atoms with E-state index in [4.69, 9.17) is 30.5 Å². The maximum atomic E-state index is 13.1. The van der Waals surface area contributed by atoms with Crippen molar-refractivity contribution in [2.24, 2.45) is 11.8 Å². The molecule has 1 N–H and O–H groups in total. The van der Waals surface area contributed by atoms with E-state index < -0.39 is 12.1 Å². The van der Waals surface area contributed by atoms with E-state index in [0.29, 0.717) is 28.1 Å². The van der Waals surface area contributed by atoms with Gasteiger partial charge in [0.05, 0.1) is 29.7 Å². The monoisotopic (exact) mass is 516 g/mol. The van der Waals surface area contributed by atoms with Crippen LogP contribution in [0.25, 0.3) is 0 Å². The molecule has 7 nitrogen and oxygen atoms in total. The minimum atomic E-state index is -0.833. The average molecular weight is 517 g/mol. The molecular formula is C28H33ClO7. The highest BCUT2D eigenvalue weighted by Gasteiger charge is 2.32. The van der Waals surface area contributed by atoms with E-state index >= 15 is 0 Å². The number of fused-ring (bicyclic) bond motifs is 2. The highest BCUT2D eigenvalue weighted by molar-refractivity contribution is 6.32. The molecule has 4 rings (SSSR count). The number of carbonyl (C=O) groups excluding carboxylic acids is 2. The third kappa shape index (κ3) is 5.32. The topological polar surface area (TPSA) is 91.3 Å². The summed E-state index contributed by atoms with van der Waals surface area (Å²) in [6, 6.07) is 4.93. The molecule has 0 amide bonds. The van der Waals surface area contributed by atoms with Crippen molar-refractivity contribution in [3.05, 3.63) is 45.5 Å². The number of hydrogen-bond acceptors (Lipinski definition) is 7. The molecule has 1 fully saturated rings. The van der Waals surface area contributed by atoms with Crippen LogP contribution in [0.15, 0.2) is 18.2 Å². The molecule has 0 spiro atoms. The fourth-order valence-electron chi connectivity index (χ4n) is 4.89. The van der Waals surface area contributed by atoms with Crippen molar-refractivity contribution in [1.29, 1.82) is 0 Å². The first-order valence-electron chi connectivity index (χ1n) is 12.5. The van der Waals surface area contributed by atoms with Gasteiger partial charge in [0.2, 0.25) is 0 Å². The van der Waals surface area contributed by atoms with Gasteiger partial charge < -0.3 is 24.1 Å². The maximum Gasteiger partial charge on any atom is 0.346 e. The molecule has 2 aromatic rings. The van der Waals surface area contributed by atoms with Gasteiger partial charge in [0.25, 0.3) is 0 Å². The first-order chi connectivity index (χ1) is 17.2. The number of esters is 2. The predicted octanol–water partition coefficient (Wildman–Crippen LogP) is 6.68. The summed E-state index contributed by atoms with van der Waals surface area (Å²) in [5.41, 5.74) is 1.62. The van der Waals surface area contributed by atoms with Gasteiger partial charge in [0.15, 0.2) is 11.5 Å². The number of rotatable bonds is 6. The summed E-state index contributed by atoms with van der Waals surface area (Å²) >= 11 is 6.57. The van der Waals surface area contributed by atoms with E-state index in [0.717, 1.165) is 32.1 Å². The number of carbonyl (C=O) groups is 2. The van der Waals surface area contributed by atoms with Gasteiger partial charge in [-0.2, -0.15) is 0 Å². The summed E-state index contributed by atoms with van der Waals surface area (Å²) in [7, 11) is 1.43. The van der Waals surface area contributed by atoms with E-state index in [9.17, 15) is 14.7 Å². The van der Waals surface area contributed by atoms with Crippen LogP contribution in [0.5, 0.6) is 23.0 Å². The van der Waals surface area contributed by atoms with E-state index in [2.05, 4.69) is 0 Å². The van der Waals surface area contributed by atoms with Gasteiger partial charge in [-0.05, 0) is 55.9 Å². The van der Waals surface area contributed by atoms with Crippen molar-refractivity contribution in [2.45, 2.75) is 72.0 Å². The largest absolute Gasteiger partial charge is 0.495 e. The molecule has 2 aliphatic rings. The van der Waals surface area contributed by atoms with Crippen LogP contribution in [-0.4, -0.2) is 24.2 Å². The Hall–Kier alpha value is -2.77. The molecule has 1 heterocycles. The Bertz CT molecular complexity index is 1150. The first-order valence-corrected chi connectivity index (χ1v) is 12.9. The zero-order valence-electron chi connectivity index (χ0n) is 21.2. The molecular weight excluding hydrogens is 484 g/mol. The zero-order valence-corrected chi connectivity index (χ0v) is 21.9. The molecule has 1 saturated carbocycles. The summed E-state index contributed by atoms with van der Waals surface area (Å²) in [6.07, 6.45) is 4.38. The molecule has 0 aromatic heterocycles. The smallest absolute Gasteiger partial charge is 0.346 e. The molecule has 2 aromatic carbocycles. The molecule has 1 aliphatic heterocycles. The molecule has 0 radical (unpaired) electrons. The maximum absolute atomic E-state index is 13.1. The molecule has 0 saturated heterocycles. The van der Waals surface area contributed by atoms with Crippen LogP contribution >= 0.6 is 11.6 Å². The summed E-state index contributed by atoms with van der Waals surface area (Å²) in [5, 5.41) is 11.1. The van der Waals surface area contributed by atoms with E-state index in [1.54, 1.807) is 25.1 Å². The second kappa shape index (κ2) is 11.1. The van der Waals surface area contributed by atoms with Crippen LogP contribution in [0, 0.1) is 18.8 Å². The fraction of sp³-hybridized carbons (Fsp3) is 0.500. The van der Waals surface area contributed by atoms with Crippen LogP contribution in [0.3, 0.4) is 0 Å². The van der Waals surface area contributed by atoms with E-state index in [1.165, 1.54) is 7.11 Å². The predicted molar refractivity (Wildman–Crippen MR) is 135 cm³/mol. The summed E-state index contributed by atoms with van der Waals surface area (Å²) in [6.45, 7) is 5.61. The lowest BCUT2D eigenvalue weighted by atomic mass is 9.89. The number of aliphatic hydroxyl groups excluding tert-OH is 1. The highest BCUT2D eigenvalue weighted by Crippen LogP contribution is 2.47. The molecule has 36 heavy (non-hydrogen) atoms. The molecule has 0 bridgehead atoms. The lowest BCUT2D eigenvalue weighted by Gasteiger charge is -2.25. The summed E-state index contributed by atoms with van der Waals surface area (Å²) in [4.78, 5) is 26.1. The van der Waals surface area contributed by atoms with Crippen LogP contribution in [0.2, 0.25) is 5.02 Å². The van der Waals surface area contributed by atoms with Gasteiger partial charge in [-0.1, -0.05) is 44.7 Å². The first kappa shape index (κ1) is 26.3. The normalized spacial score (nSPS) is 16.7. The van der Waals surface area contributed by atoms with Crippen molar-refractivity contribution in [1.82, 2.24) is 0 Å². The Morgan fingerprint density at radius 1 is 1.22 bits per heavy atom. The van der Waals surface area contributed by atoms with Crippen molar-refractivity contribution in [3.8, 4) is 23.0 Å². The number of halogens is 1. The van der Waals surface area contributed by atoms with Crippen LogP contribution < -0.4 is 14.2 Å². The number of ether oxygens (including phenoxy) is 4. The van der Waals surface area contributed by atoms with Gasteiger partial charge in [0.1, 0.15) is 23.7 Å². The Morgan fingerprint density at radius 2 is 1.94 bits per heavy atom. The quantitative estimate of drug-likeness (QED) is 0.338. The summed E-state index contributed by atoms with van der Waals surface area (Å²) < 4.78 is 23.3. The third-order valence-corrected chi connectivity index (χ3v) is 7.30. The minimum absolute atomic E-state index is 0.0599. The number of methoxy groups -OCH3 is 1. The molecule has 8 heteroatoms. The van der Waals surface area contributed by atoms with Gasteiger partial charge in [-0.25, -0.2) is 4.79 Å². The number of aryl methyl sites for hydroxylation is 1. The Labute approximate surface area is 216 Å². The lowest BCUT2D eigenvalue weighted by molar-refractivity contribution is -0.140. The lowest BCUT2D eigenvalue weighted by Crippen LogP contribution is -2.23. The van der Waals surface area contributed by atoms with Gasteiger partial charge >= 0.3 is 11.9 Å². The van der Waals surface area contributed by atoms with Gasteiger partial charge in [0, 0.05) is 5.56 Å². The molecule has 194 valence electrons. The third-order valence-electron chi connectivity index (χ3n) is 6.78. The number of hydrogen-bond donors (Lipinski definition) is 1. The minimum Gasteiger partial charge on any atom is -0.495 e. The molecule has 1 atom stereocenters. The van der Waals surface area contributed by atoms with Crippen LogP contribution in [-0.2, 0) is 16.1 Å². The number of cyclic esters (lactones) is 1. The Kier molecular flexibility index (Phi) is 8.10. The molecule has 1 aliphatic carbocycles. The fourth-order valence-corrected chi connectivity index (χ4v) is 5.09. The number of aliphatic hydroxyl groups is 1. The number of benzene rings is 2. The van der Waals surface area contributed by atoms with Crippen molar-refractivity contribution >= 4 is 23.5 Å². The standard InChI is InChI=1S/C28H33ClO7/c1-15(2)12-20(30)18-10-11-21-23(26(18)33-4)28(32)34-14-19-24(29)16(3)13-22(25(19)35-21)36-27(31)17-8-6-5-7-9-17/h10-11,13,15,17,20,30H,5-9,12,14H2,1-4H3/t20-/m0/s1. The van der Waals surface area contributed by atoms with Crippen LogP contribution in [0.4, 0.5) is 0 Å². The Balaban J connectivity index is 1.77. The van der Waals surface area contributed by atoms with Gasteiger partial charge in [-0.15, -0.1) is 0 Å². The van der Waals surface area contributed by atoms with Crippen molar-refractivity contribution in [3.63, 3.8) is 0 Å². The molecule has 0 unspecified atom stereocenters. The van der Waals surface area contributed by atoms with Crippen molar-refractivity contribution < 1.29 is 33.6 Å². The second-order valence-electron chi connectivity index (χ2n) is 9.95. The second-order valence-corrected chi connectivity index (χ2v) is 10.3. The highest BCUT2D eigenvalue weighted by atomic mass is 35.5. The summed E-state index contributed by atoms with van der Waals surface area (Å²) in [5.74, 6) is -0.0880.